The Morgan fingerprint density at radius 1 is 1.00 bits per heavy atom. The third-order valence-corrected chi connectivity index (χ3v) is 6.32. The van der Waals surface area contributed by atoms with Crippen LogP contribution in [0, 0.1) is 6.92 Å². The maximum Gasteiger partial charge on any atom is 0.263 e. The molecule has 0 bridgehead atoms. The summed E-state index contributed by atoms with van der Waals surface area (Å²) in [6, 6.07) is 17.0. The summed E-state index contributed by atoms with van der Waals surface area (Å²) in [5.41, 5.74) is 0. The molecule has 0 fully saturated rings. The average molecular weight is 417 g/mol. The Labute approximate surface area is 152 Å². The van der Waals surface area contributed by atoms with Crippen molar-refractivity contribution >= 4 is 53.3 Å². The summed E-state index contributed by atoms with van der Waals surface area (Å²) in [5, 5.41) is 7.67. The van der Waals surface area contributed by atoms with Gasteiger partial charge in [-0.15, -0.1) is 0 Å². The molecule has 0 saturated carbocycles. The molecule has 7 heteroatoms. The van der Waals surface area contributed by atoms with Gasteiger partial charge in [-0.05, 0) is 56.5 Å². The zero-order valence-corrected chi connectivity index (χ0v) is 15.6. The number of nitrogens with one attached hydrogen (secondary N) is 1. The fourth-order valence-corrected chi connectivity index (χ4v) is 4.17. The van der Waals surface area contributed by atoms with Crippen molar-refractivity contribution in [3.63, 3.8) is 0 Å². The van der Waals surface area contributed by atoms with E-state index in [4.69, 9.17) is 4.52 Å². The normalized spacial score (nSPS) is 11.9. The summed E-state index contributed by atoms with van der Waals surface area (Å²) < 4.78 is 33.4. The topological polar surface area (TPSA) is 72.2 Å². The van der Waals surface area contributed by atoms with Gasteiger partial charge in [-0.3, -0.25) is 4.72 Å². The first kappa shape index (κ1) is 16.1. The van der Waals surface area contributed by atoms with Gasteiger partial charge in [-0.25, -0.2) is 8.42 Å². The lowest BCUT2D eigenvalue weighted by Gasteiger charge is -2.09. The third kappa shape index (κ3) is 2.79. The lowest BCUT2D eigenvalue weighted by atomic mass is 10.0. The van der Waals surface area contributed by atoms with Crippen LogP contribution in [0.1, 0.15) is 5.76 Å². The second-order valence-electron chi connectivity index (χ2n) is 5.68. The highest BCUT2D eigenvalue weighted by atomic mass is 79.9. The van der Waals surface area contributed by atoms with Gasteiger partial charge in [-0.1, -0.05) is 47.6 Å². The number of halogens is 1. The molecule has 0 amide bonds. The number of sulfonamides is 1. The van der Waals surface area contributed by atoms with Crippen LogP contribution >= 0.6 is 15.9 Å². The summed E-state index contributed by atoms with van der Waals surface area (Å²) in [5.74, 6) is 0.637. The van der Waals surface area contributed by atoms with E-state index >= 15 is 0 Å². The highest BCUT2D eigenvalue weighted by molar-refractivity contribution is 9.10. The van der Waals surface area contributed by atoms with Gasteiger partial charge in [0.15, 0.2) is 5.82 Å². The van der Waals surface area contributed by atoms with Gasteiger partial charge in [0, 0.05) is 0 Å². The van der Waals surface area contributed by atoms with Crippen LogP contribution in [0.4, 0.5) is 5.82 Å². The summed E-state index contributed by atoms with van der Waals surface area (Å²) in [6.07, 6.45) is 0. The monoisotopic (exact) mass is 416 g/mol. The SMILES string of the molecule is Cc1onc(NS(=O)(=O)c2ccc3ccc4ccccc4c3c2)c1Br. The smallest absolute Gasteiger partial charge is 0.263 e. The third-order valence-electron chi connectivity index (χ3n) is 4.05. The maximum absolute atomic E-state index is 12.7. The number of aromatic nitrogens is 1. The van der Waals surface area contributed by atoms with Crippen molar-refractivity contribution in [2.75, 3.05) is 4.72 Å². The number of anilines is 1. The molecule has 4 aromatic rings. The van der Waals surface area contributed by atoms with E-state index in [0.29, 0.717) is 10.2 Å². The molecule has 0 saturated heterocycles. The summed E-state index contributed by atoms with van der Waals surface area (Å²) in [7, 11) is -3.79. The van der Waals surface area contributed by atoms with Crippen molar-refractivity contribution < 1.29 is 12.9 Å². The molecule has 3 aromatic carbocycles. The van der Waals surface area contributed by atoms with Crippen LogP contribution in [0.15, 0.2) is 68.5 Å². The van der Waals surface area contributed by atoms with Gasteiger partial charge in [0.25, 0.3) is 10.0 Å². The van der Waals surface area contributed by atoms with Gasteiger partial charge in [0.2, 0.25) is 0 Å². The first-order chi connectivity index (χ1) is 12.0. The number of rotatable bonds is 3. The average Bonchev–Trinajstić information content (AvgIpc) is 2.92. The molecule has 0 aliphatic rings. The molecule has 4 rings (SSSR count). The van der Waals surface area contributed by atoms with E-state index in [-0.39, 0.29) is 10.7 Å². The van der Waals surface area contributed by atoms with Crippen molar-refractivity contribution in [1.82, 2.24) is 5.16 Å². The second-order valence-corrected chi connectivity index (χ2v) is 8.15. The summed E-state index contributed by atoms with van der Waals surface area (Å²) in [6.45, 7) is 1.69. The predicted octanol–water partition coefficient (Wildman–Crippen LogP) is 4.85. The minimum Gasteiger partial charge on any atom is -0.358 e. The number of fused-ring (bicyclic) bond motifs is 3. The zero-order chi connectivity index (χ0) is 17.6. The van der Waals surface area contributed by atoms with E-state index in [0.717, 1.165) is 21.5 Å². The van der Waals surface area contributed by atoms with Gasteiger partial charge < -0.3 is 4.52 Å². The van der Waals surface area contributed by atoms with E-state index in [1.807, 2.05) is 36.4 Å². The second kappa shape index (κ2) is 5.86. The van der Waals surface area contributed by atoms with Gasteiger partial charge in [0.05, 0.1) is 4.90 Å². The Kier molecular flexibility index (Phi) is 3.77. The van der Waals surface area contributed by atoms with Crippen molar-refractivity contribution in [2.24, 2.45) is 0 Å². The number of hydrogen-bond acceptors (Lipinski definition) is 4. The van der Waals surface area contributed by atoms with Crippen molar-refractivity contribution in [3.05, 3.63) is 64.8 Å². The Morgan fingerprint density at radius 2 is 1.68 bits per heavy atom. The molecule has 0 atom stereocenters. The van der Waals surface area contributed by atoms with E-state index in [9.17, 15) is 8.42 Å². The predicted molar refractivity (Wildman–Crippen MR) is 101 cm³/mol. The van der Waals surface area contributed by atoms with Crippen molar-refractivity contribution in [1.29, 1.82) is 0 Å². The Balaban J connectivity index is 1.85. The Morgan fingerprint density at radius 3 is 2.40 bits per heavy atom. The first-order valence-corrected chi connectivity index (χ1v) is 9.79. The van der Waals surface area contributed by atoms with Crippen LogP contribution in [-0.2, 0) is 10.0 Å². The standard InChI is InChI=1S/C18H13BrN2O3S/c1-11-17(19)18(20-24-11)21-25(22,23)14-9-8-13-7-6-12-4-2-3-5-15(12)16(13)10-14/h2-10H,1H3,(H,20,21). The Bertz CT molecular complexity index is 1220. The fraction of sp³-hybridized carbons (Fsp3) is 0.0556. The summed E-state index contributed by atoms with van der Waals surface area (Å²) >= 11 is 3.26. The van der Waals surface area contributed by atoms with Crippen LogP contribution in [0.25, 0.3) is 21.5 Å². The number of hydrogen-bond donors (Lipinski definition) is 1. The van der Waals surface area contributed by atoms with Crippen molar-refractivity contribution in [3.8, 4) is 0 Å². The molecular formula is C18H13BrN2O3S. The van der Waals surface area contributed by atoms with E-state index < -0.39 is 10.0 Å². The maximum atomic E-state index is 12.7. The van der Waals surface area contributed by atoms with Crippen LogP contribution in [0.3, 0.4) is 0 Å². The minimum absolute atomic E-state index is 0.135. The quantitative estimate of drug-likeness (QED) is 0.484. The lowest BCUT2D eigenvalue weighted by molar-refractivity contribution is 0.399. The fourth-order valence-electron chi connectivity index (χ4n) is 2.76. The number of benzene rings is 3. The van der Waals surface area contributed by atoms with Crippen LogP contribution in [0.2, 0.25) is 0 Å². The zero-order valence-electron chi connectivity index (χ0n) is 13.2. The van der Waals surface area contributed by atoms with E-state index in [2.05, 4.69) is 25.8 Å². The van der Waals surface area contributed by atoms with Crippen LogP contribution in [0.5, 0.6) is 0 Å². The van der Waals surface area contributed by atoms with Gasteiger partial charge >= 0.3 is 0 Å². The first-order valence-electron chi connectivity index (χ1n) is 7.52. The molecule has 0 spiro atoms. The molecule has 0 unspecified atom stereocenters. The molecule has 5 nitrogen and oxygen atoms in total. The summed E-state index contributed by atoms with van der Waals surface area (Å²) in [4.78, 5) is 0.170. The molecular weight excluding hydrogens is 404 g/mol. The minimum atomic E-state index is -3.79. The van der Waals surface area contributed by atoms with Crippen molar-refractivity contribution in [2.45, 2.75) is 11.8 Å². The molecule has 0 aliphatic carbocycles. The lowest BCUT2D eigenvalue weighted by Crippen LogP contribution is -2.13. The number of nitrogens with zero attached hydrogens (tertiary/aromatic N) is 1. The molecule has 25 heavy (non-hydrogen) atoms. The van der Waals surface area contributed by atoms with Crippen LogP contribution < -0.4 is 4.72 Å². The van der Waals surface area contributed by atoms with E-state index in [1.165, 1.54) is 0 Å². The molecule has 0 radical (unpaired) electrons. The number of aryl methyl sites for hydroxylation is 1. The Hall–Kier alpha value is -2.38. The highest BCUT2D eigenvalue weighted by Gasteiger charge is 2.20. The highest BCUT2D eigenvalue weighted by Crippen LogP contribution is 2.30. The molecule has 0 aliphatic heterocycles. The van der Waals surface area contributed by atoms with Gasteiger partial charge in [0.1, 0.15) is 10.2 Å². The molecule has 1 heterocycles. The van der Waals surface area contributed by atoms with Crippen LogP contribution in [-0.4, -0.2) is 13.6 Å². The molecule has 1 N–H and O–H groups in total. The largest absolute Gasteiger partial charge is 0.358 e. The van der Waals surface area contributed by atoms with Gasteiger partial charge in [-0.2, -0.15) is 0 Å². The van der Waals surface area contributed by atoms with E-state index in [1.54, 1.807) is 25.1 Å². The molecule has 1 aromatic heterocycles. The molecule has 126 valence electrons.